The SMILES string of the molecule is Fc1ccc(-c2ncc(-c3ccccc3)o2)cc1. The number of halogens is 1. The van der Waals surface area contributed by atoms with Gasteiger partial charge in [-0.05, 0) is 24.3 Å². The minimum atomic E-state index is -0.270. The molecule has 0 aliphatic rings. The van der Waals surface area contributed by atoms with Crippen LogP contribution in [-0.2, 0) is 0 Å². The molecule has 2 nitrogen and oxygen atoms in total. The second kappa shape index (κ2) is 4.45. The van der Waals surface area contributed by atoms with Gasteiger partial charge in [0.15, 0.2) is 5.76 Å². The normalized spacial score (nSPS) is 10.5. The van der Waals surface area contributed by atoms with Crippen LogP contribution in [0.3, 0.4) is 0 Å². The zero-order valence-corrected chi connectivity index (χ0v) is 9.51. The molecule has 1 aromatic heterocycles. The van der Waals surface area contributed by atoms with Gasteiger partial charge in [-0.15, -0.1) is 0 Å². The Bertz CT molecular complexity index is 644. The van der Waals surface area contributed by atoms with E-state index in [-0.39, 0.29) is 5.82 Å². The molecule has 18 heavy (non-hydrogen) atoms. The Balaban J connectivity index is 1.97. The molecular weight excluding hydrogens is 229 g/mol. The molecule has 0 N–H and O–H groups in total. The number of hydrogen-bond donors (Lipinski definition) is 0. The average Bonchev–Trinajstić information content (AvgIpc) is 2.90. The van der Waals surface area contributed by atoms with E-state index in [1.165, 1.54) is 12.1 Å². The van der Waals surface area contributed by atoms with Crippen LogP contribution >= 0.6 is 0 Å². The molecule has 88 valence electrons. The van der Waals surface area contributed by atoms with Crippen LogP contribution in [0.1, 0.15) is 0 Å². The number of hydrogen-bond acceptors (Lipinski definition) is 2. The van der Waals surface area contributed by atoms with Crippen LogP contribution in [0.5, 0.6) is 0 Å². The minimum absolute atomic E-state index is 0.270. The van der Waals surface area contributed by atoms with Crippen LogP contribution in [-0.4, -0.2) is 4.98 Å². The summed E-state index contributed by atoms with van der Waals surface area (Å²) >= 11 is 0. The quantitative estimate of drug-likeness (QED) is 0.671. The first-order chi connectivity index (χ1) is 8.83. The van der Waals surface area contributed by atoms with E-state index in [1.54, 1.807) is 18.3 Å². The number of nitrogens with zero attached hydrogens (tertiary/aromatic N) is 1. The number of aromatic nitrogens is 1. The Morgan fingerprint density at radius 1 is 0.833 bits per heavy atom. The van der Waals surface area contributed by atoms with Crippen LogP contribution in [0.15, 0.2) is 65.2 Å². The van der Waals surface area contributed by atoms with Crippen molar-refractivity contribution in [2.24, 2.45) is 0 Å². The lowest BCUT2D eigenvalue weighted by molar-refractivity contribution is 0.588. The van der Waals surface area contributed by atoms with Gasteiger partial charge in [0.1, 0.15) is 5.82 Å². The van der Waals surface area contributed by atoms with Crippen molar-refractivity contribution in [3.05, 3.63) is 66.6 Å². The third kappa shape index (κ3) is 2.02. The topological polar surface area (TPSA) is 26.0 Å². The summed E-state index contributed by atoms with van der Waals surface area (Å²) in [6.07, 6.45) is 1.67. The molecule has 0 saturated carbocycles. The summed E-state index contributed by atoms with van der Waals surface area (Å²) in [5.74, 6) is 0.928. The van der Waals surface area contributed by atoms with Crippen molar-refractivity contribution in [3.63, 3.8) is 0 Å². The monoisotopic (exact) mass is 239 g/mol. The second-order valence-electron chi connectivity index (χ2n) is 3.90. The zero-order valence-electron chi connectivity index (χ0n) is 9.51. The highest BCUT2D eigenvalue weighted by Crippen LogP contribution is 2.25. The molecule has 0 spiro atoms. The van der Waals surface area contributed by atoms with Crippen molar-refractivity contribution < 1.29 is 8.81 Å². The number of benzene rings is 2. The number of rotatable bonds is 2. The first kappa shape index (κ1) is 10.7. The molecule has 0 unspecified atom stereocenters. The largest absolute Gasteiger partial charge is 0.436 e. The highest BCUT2D eigenvalue weighted by atomic mass is 19.1. The summed E-state index contributed by atoms with van der Waals surface area (Å²) < 4.78 is 18.5. The van der Waals surface area contributed by atoms with Gasteiger partial charge in [0.05, 0.1) is 6.20 Å². The molecule has 0 radical (unpaired) electrons. The fourth-order valence-corrected chi connectivity index (χ4v) is 1.74. The van der Waals surface area contributed by atoms with Gasteiger partial charge in [0.25, 0.3) is 0 Å². The van der Waals surface area contributed by atoms with E-state index in [2.05, 4.69) is 4.98 Å². The fourth-order valence-electron chi connectivity index (χ4n) is 1.74. The van der Waals surface area contributed by atoms with Gasteiger partial charge in [-0.3, -0.25) is 0 Å². The van der Waals surface area contributed by atoms with Crippen LogP contribution in [0.25, 0.3) is 22.8 Å². The third-order valence-corrected chi connectivity index (χ3v) is 2.66. The minimum Gasteiger partial charge on any atom is -0.436 e. The van der Waals surface area contributed by atoms with Gasteiger partial charge >= 0.3 is 0 Å². The second-order valence-corrected chi connectivity index (χ2v) is 3.90. The summed E-state index contributed by atoms with van der Waals surface area (Å²) in [7, 11) is 0. The van der Waals surface area contributed by atoms with Gasteiger partial charge in [0, 0.05) is 11.1 Å². The Morgan fingerprint density at radius 2 is 1.56 bits per heavy atom. The molecule has 0 fully saturated rings. The highest BCUT2D eigenvalue weighted by Gasteiger charge is 2.07. The molecule has 0 amide bonds. The van der Waals surface area contributed by atoms with Crippen LogP contribution in [0.2, 0.25) is 0 Å². The summed E-state index contributed by atoms with van der Waals surface area (Å²) in [5, 5.41) is 0. The lowest BCUT2D eigenvalue weighted by Gasteiger charge is -1.96. The lowest BCUT2D eigenvalue weighted by Crippen LogP contribution is -1.77. The predicted molar refractivity (Wildman–Crippen MR) is 67.3 cm³/mol. The third-order valence-electron chi connectivity index (χ3n) is 2.66. The summed E-state index contributed by atoms with van der Waals surface area (Å²) in [4.78, 5) is 4.20. The molecule has 2 aromatic carbocycles. The Hall–Kier alpha value is -2.42. The van der Waals surface area contributed by atoms with E-state index < -0.39 is 0 Å². The Kier molecular flexibility index (Phi) is 2.65. The maximum Gasteiger partial charge on any atom is 0.226 e. The summed E-state index contributed by atoms with van der Waals surface area (Å²) in [6, 6.07) is 15.8. The maximum atomic E-state index is 12.8. The Labute approximate surface area is 104 Å². The first-order valence-electron chi connectivity index (χ1n) is 5.60. The molecule has 0 aliphatic heterocycles. The maximum absolute atomic E-state index is 12.8. The van der Waals surface area contributed by atoms with Crippen molar-refractivity contribution in [2.45, 2.75) is 0 Å². The van der Waals surface area contributed by atoms with Gasteiger partial charge in [-0.2, -0.15) is 0 Å². The van der Waals surface area contributed by atoms with E-state index in [0.29, 0.717) is 11.7 Å². The molecular formula is C15H10FNO. The molecule has 0 bridgehead atoms. The van der Waals surface area contributed by atoms with E-state index in [0.717, 1.165) is 11.1 Å². The molecule has 3 rings (SSSR count). The van der Waals surface area contributed by atoms with Crippen LogP contribution < -0.4 is 0 Å². The summed E-state index contributed by atoms with van der Waals surface area (Å²) in [5.41, 5.74) is 1.73. The van der Waals surface area contributed by atoms with Crippen molar-refractivity contribution in [1.29, 1.82) is 0 Å². The first-order valence-corrected chi connectivity index (χ1v) is 5.60. The molecule has 0 atom stereocenters. The molecule has 0 saturated heterocycles. The highest BCUT2D eigenvalue weighted by molar-refractivity contribution is 5.60. The average molecular weight is 239 g/mol. The summed E-state index contributed by atoms with van der Waals surface area (Å²) in [6.45, 7) is 0. The Morgan fingerprint density at radius 3 is 2.28 bits per heavy atom. The predicted octanol–water partition coefficient (Wildman–Crippen LogP) is 4.15. The van der Waals surface area contributed by atoms with Gasteiger partial charge < -0.3 is 4.42 Å². The van der Waals surface area contributed by atoms with Crippen molar-refractivity contribution in [2.75, 3.05) is 0 Å². The van der Waals surface area contributed by atoms with E-state index in [9.17, 15) is 4.39 Å². The standard InChI is InChI=1S/C15H10FNO/c16-13-8-6-12(7-9-13)15-17-10-14(18-15)11-4-2-1-3-5-11/h1-10H. The molecule has 3 aromatic rings. The van der Waals surface area contributed by atoms with E-state index >= 15 is 0 Å². The molecule has 1 heterocycles. The van der Waals surface area contributed by atoms with Crippen LogP contribution in [0, 0.1) is 5.82 Å². The van der Waals surface area contributed by atoms with Gasteiger partial charge in [-0.1, -0.05) is 30.3 Å². The number of oxazole rings is 1. The van der Waals surface area contributed by atoms with Crippen molar-refractivity contribution in [3.8, 4) is 22.8 Å². The smallest absolute Gasteiger partial charge is 0.226 e. The molecule has 3 heteroatoms. The van der Waals surface area contributed by atoms with Crippen molar-refractivity contribution >= 4 is 0 Å². The van der Waals surface area contributed by atoms with Crippen molar-refractivity contribution in [1.82, 2.24) is 4.98 Å². The van der Waals surface area contributed by atoms with E-state index in [4.69, 9.17) is 4.42 Å². The molecule has 0 aliphatic carbocycles. The van der Waals surface area contributed by atoms with Gasteiger partial charge in [-0.25, -0.2) is 9.37 Å². The van der Waals surface area contributed by atoms with Gasteiger partial charge in [0.2, 0.25) is 5.89 Å². The fraction of sp³-hybridized carbons (Fsp3) is 0. The van der Waals surface area contributed by atoms with E-state index in [1.807, 2.05) is 30.3 Å². The van der Waals surface area contributed by atoms with Crippen LogP contribution in [0.4, 0.5) is 4.39 Å². The lowest BCUT2D eigenvalue weighted by atomic mass is 10.2. The zero-order chi connectivity index (χ0) is 12.4.